The Hall–Kier alpha value is -1.75. The lowest BCUT2D eigenvalue weighted by Gasteiger charge is -2.15. The van der Waals surface area contributed by atoms with Gasteiger partial charge in [-0.1, -0.05) is 0 Å². The van der Waals surface area contributed by atoms with Gasteiger partial charge < -0.3 is 35.4 Å². The van der Waals surface area contributed by atoms with Gasteiger partial charge in [-0.2, -0.15) is 0 Å². The summed E-state index contributed by atoms with van der Waals surface area (Å²) in [6, 6.07) is -0.0538. The van der Waals surface area contributed by atoms with Crippen LogP contribution in [0.3, 0.4) is 0 Å². The smallest absolute Gasteiger partial charge is 0.329 e. The second-order valence-corrected chi connectivity index (χ2v) is 5.81. The first-order chi connectivity index (χ1) is 11.2. The zero-order chi connectivity index (χ0) is 18.3. The molecule has 0 aromatic heterocycles. The Morgan fingerprint density at radius 3 is 2.29 bits per heavy atom. The van der Waals surface area contributed by atoms with Crippen molar-refractivity contribution < 1.29 is 39.2 Å². The molecule has 0 aromatic rings. The van der Waals surface area contributed by atoms with Crippen LogP contribution in [0.4, 0.5) is 0 Å². The van der Waals surface area contributed by atoms with Gasteiger partial charge in [0, 0.05) is 12.6 Å². The lowest BCUT2D eigenvalue weighted by Crippen LogP contribution is -2.41. The van der Waals surface area contributed by atoms with E-state index in [9.17, 15) is 24.6 Å². The summed E-state index contributed by atoms with van der Waals surface area (Å²) in [5.41, 5.74) is 0. The summed E-state index contributed by atoms with van der Waals surface area (Å²) in [4.78, 5) is 33.4. The molecule has 1 fully saturated rings. The number of hydrogen-bond acceptors (Lipinski definition) is 7. The topological polar surface area (TPSA) is 154 Å². The highest BCUT2D eigenvalue weighted by Crippen LogP contribution is 2.23. The number of carboxylic acids is 1. The van der Waals surface area contributed by atoms with Gasteiger partial charge in [0.25, 0.3) is 0 Å². The number of aliphatic hydroxyl groups excluding tert-OH is 2. The van der Waals surface area contributed by atoms with E-state index < -0.39 is 49.5 Å². The van der Waals surface area contributed by atoms with Crippen molar-refractivity contribution in [1.29, 1.82) is 0 Å². The van der Waals surface area contributed by atoms with Gasteiger partial charge in [-0.05, 0) is 13.8 Å². The van der Waals surface area contributed by atoms with Crippen LogP contribution in [0.1, 0.15) is 20.3 Å². The molecule has 1 aliphatic heterocycles. The molecule has 0 unspecified atom stereocenters. The van der Waals surface area contributed by atoms with Gasteiger partial charge in [-0.3, -0.25) is 9.59 Å². The average molecular weight is 348 g/mol. The van der Waals surface area contributed by atoms with Crippen molar-refractivity contribution in [2.24, 2.45) is 0 Å². The lowest BCUT2D eigenvalue weighted by molar-refractivity contribution is -0.143. The number of carbonyl (C=O) groups is 3. The maximum Gasteiger partial charge on any atom is 0.329 e. The molecule has 10 heteroatoms. The van der Waals surface area contributed by atoms with Gasteiger partial charge in [0.15, 0.2) is 0 Å². The molecule has 5 N–H and O–H groups in total. The van der Waals surface area contributed by atoms with E-state index in [1.54, 1.807) is 13.8 Å². The highest BCUT2D eigenvalue weighted by atomic mass is 16.5. The molecule has 0 saturated carbocycles. The minimum Gasteiger partial charge on any atom is -0.480 e. The first-order valence-electron chi connectivity index (χ1n) is 7.58. The van der Waals surface area contributed by atoms with Gasteiger partial charge in [0.2, 0.25) is 11.8 Å². The van der Waals surface area contributed by atoms with Crippen LogP contribution in [0.15, 0.2) is 0 Å². The third-order valence-corrected chi connectivity index (χ3v) is 3.26. The van der Waals surface area contributed by atoms with Gasteiger partial charge in [-0.25, -0.2) is 4.79 Å². The van der Waals surface area contributed by atoms with Crippen molar-refractivity contribution in [3.05, 3.63) is 0 Å². The van der Waals surface area contributed by atoms with Crippen molar-refractivity contribution in [2.45, 2.75) is 50.7 Å². The minimum absolute atomic E-state index is 0.0538. The standard InChI is InChI=1S/C14H24N2O8/c1-7(2)16-10(17)3-8-13(21)14(22)9(24-8)4-15-11(18)5-23-6-12(19)20/h7-9,13-14,21-22H,3-6H2,1-2H3,(H,15,18)(H,16,17)(H,19,20)/t8-,9+,13-,14+/m0/s1. The molecule has 0 radical (unpaired) electrons. The highest BCUT2D eigenvalue weighted by molar-refractivity contribution is 5.78. The molecule has 2 amide bonds. The number of rotatable bonds is 9. The van der Waals surface area contributed by atoms with Crippen LogP contribution in [-0.2, 0) is 23.9 Å². The van der Waals surface area contributed by atoms with Crippen molar-refractivity contribution in [3.63, 3.8) is 0 Å². The van der Waals surface area contributed by atoms with E-state index in [1.165, 1.54) is 0 Å². The number of carbonyl (C=O) groups excluding carboxylic acids is 2. The van der Waals surface area contributed by atoms with Crippen molar-refractivity contribution in [1.82, 2.24) is 10.6 Å². The van der Waals surface area contributed by atoms with Gasteiger partial charge in [-0.15, -0.1) is 0 Å². The molecule has 1 saturated heterocycles. The largest absolute Gasteiger partial charge is 0.480 e. The van der Waals surface area contributed by atoms with Crippen LogP contribution in [0, 0.1) is 0 Å². The SMILES string of the molecule is CC(C)NC(=O)C[C@@H]1O[C@H](CNC(=O)COCC(=O)O)[C@@H](O)[C@H]1O. The zero-order valence-electron chi connectivity index (χ0n) is 13.6. The summed E-state index contributed by atoms with van der Waals surface area (Å²) in [6.07, 6.45) is -4.35. The molecular formula is C14H24N2O8. The fraction of sp³-hybridized carbons (Fsp3) is 0.786. The van der Waals surface area contributed by atoms with Crippen molar-refractivity contribution in [2.75, 3.05) is 19.8 Å². The molecule has 1 aliphatic rings. The third-order valence-electron chi connectivity index (χ3n) is 3.26. The van der Waals surface area contributed by atoms with Gasteiger partial charge >= 0.3 is 5.97 Å². The molecule has 4 atom stereocenters. The summed E-state index contributed by atoms with van der Waals surface area (Å²) in [7, 11) is 0. The van der Waals surface area contributed by atoms with Gasteiger partial charge in [0.1, 0.15) is 31.5 Å². The molecule has 1 rings (SSSR count). The Morgan fingerprint density at radius 1 is 1.08 bits per heavy atom. The quantitative estimate of drug-likeness (QED) is 0.309. The average Bonchev–Trinajstić information content (AvgIpc) is 2.72. The Balaban J connectivity index is 2.37. The van der Waals surface area contributed by atoms with Crippen LogP contribution < -0.4 is 10.6 Å². The number of amides is 2. The van der Waals surface area contributed by atoms with E-state index in [4.69, 9.17) is 9.84 Å². The lowest BCUT2D eigenvalue weighted by atomic mass is 10.1. The van der Waals surface area contributed by atoms with E-state index in [1.807, 2.05) is 0 Å². The van der Waals surface area contributed by atoms with Crippen LogP contribution >= 0.6 is 0 Å². The van der Waals surface area contributed by atoms with Crippen LogP contribution in [-0.4, -0.2) is 83.3 Å². The van der Waals surface area contributed by atoms with E-state index >= 15 is 0 Å². The normalized spacial score (nSPS) is 26.4. The van der Waals surface area contributed by atoms with Crippen LogP contribution in [0.5, 0.6) is 0 Å². The molecule has 10 nitrogen and oxygen atoms in total. The first kappa shape index (κ1) is 20.3. The molecule has 138 valence electrons. The molecule has 0 bridgehead atoms. The van der Waals surface area contributed by atoms with E-state index in [0.717, 1.165) is 0 Å². The Bertz CT molecular complexity index is 456. The number of hydrogen-bond donors (Lipinski definition) is 5. The molecule has 0 aliphatic carbocycles. The molecule has 1 heterocycles. The van der Waals surface area contributed by atoms with Crippen molar-refractivity contribution in [3.8, 4) is 0 Å². The second-order valence-electron chi connectivity index (χ2n) is 5.81. The van der Waals surface area contributed by atoms with E-state index in [2.05, 4.69) is 15.4 Å². The number of nitrogens with one attached hydrogen (secondary N) is 2. The third kappa shape index (κ3) is 6.79. The first-order valence-corrected chi connectivity index (χ1v) is 7.58. The predicted molar refractivity (Wildman–Crippen MR) is 80.0 cm³/mol. The number of ether oxygens (including phenoxy) is 2. The maximum absolute atomic E-state index is 11.7. The minimum atomic E-state index is -1.25. The Morgan fingerprint density at radius 2 is 1.71 bits per heavy atom. The highest BCUT2D eigenvalue weighted by Gasteiger charge is 2.43. The van der Waals surface area contributed by atoms with E-state index in [0.29, 0.717) is 0 Å². The number of aliphatic carboxylic acids is 1. The summed E-state index contributed by atoms with van der Waals surface area (Å²) in [5, 5.41) is 33.3. The second kappa shape index (κ2) is 9.52. The zero-order valence-corrected chi connectivity index (χ0v) is 13.6. The van der Waals surface area contributed by atoms with Crippen LogP contribution in [0.2, 0.25) is 0 Å². The Kier molecular flexibility index (Phi) is 8.05. The molecule has 0 spiro atoms. The molecule has 24 heavy (non-hydrogen) atoms. The number of carboxylic acid groups (broad SMARTS) is 1. The summed E-state index contributed by atoms with van der Waals surface area (Å²) in [6.45, 7) is 2.45. The fourth-order valence-electron chi connectivity index (χ4n) is 2.22. The Labute approximate surface area is 139 Å². The summed E-state index contributed by atoms with van der Waals surface area (Å²) < 4.78 is 10.0. The number of aliphatic hydroxyl groups is 2. The maximum atomic E-state index is 11.7. The van der Waals surface area contributed by atoms with Gasteiger partial charge in [0.05, 0.1) is 12.5 Å². The van der Waals surface area contributed by atoms with Crippen molar-refractivity contribution >= 4 is 17.8 Å². The monoisotopic (exact) mass is 348 g/mol. The predicted octanol–water partition coefficient (Wildman–Crippen LogP) is -2.39. The fourth-order valence-corrected chi connectivity index (χ4v) is 2.22. The molecular weight excluding hydrogens is 324 g/mol. The molecule has 0 aromatic carbocycles. The summed E-state index contributed by atoms with van der Waals surface area (Å²) >= 11 is 0. The van der Waals surface area contributed by atoms with Crippen LogP contribution in [0.25, 0.3) is 0 Å². The van der Waals surface area contributed by atoms with E-state index in [-0.39, 0.29) is 24.9 Å². The summed E-state index contributed by atoms with van der Waals surface area (Å²) in [5.74, 6) is -2.08.